The quantitative estimate of drug-likeness (QED) is 0.680. The first-order chi connectivity index (χ1) is 5.74. The zero-order chi connectivity index (χ0) is 8.97. The predicted octanol–water partition coefficient (Wildman–Crippen LogP) is 1.41. The molecule has 4 heteroatoms. The normalized spacial score (nSPS) is 28.9. The van der Waals surface area contributed by atoms with Crippen molar-refractivity contribution in [2.75, 3.05) is 5.75 Å². The summed E-state index contributed by atoms with van der Waals surface area (Å²) in [7, 11) is -1.25. The topological polar surface area (TPSA) is 46.2 Å². The van der Waals surface area contributed by atoms with Gasteiger partial charge in [-0.2, -0.15) is 0 Å². The van der Waals surface area contributed by atoms with Gasteiger partial charge in [0.15, 0.2) is 0 Å². The summed E-state index contributed by atoms with van der Waals surface area (Å²) in [6, 6.07) is 0.171. The molecule has 1 aliphatic rings. The molecule has 0 aromatic heterocycles. The minimum atomic E-state index is -1.25. The van der Waals surface area contributed by atoms with Crippen LogP contribution in [0.1, 0.15) is 32.6 Å². The first-order valence-corrected chi connectivity index (χ1v) is 5.74. The van der Waals surface area contributed by atoms with E-state index in [0.29, 0.717) is 5.75 Å². The monoisotopic (exact) mass is 189 g/mol. The number of rotatable bonds is 4. The number of carbonyl (C=O) groups is 1. The molecular formula is C8H15NO2S. The van der Waals surface area contributed by atoms with Crippen LogP contribution < -0.4 is 5.32 Å². The lowest BCUT2D eigenvalue weighted by Crippen LogP contribution is -2.25. The molecule has 0 spiro atoms. The number of carbonyl (C=O) groups excluding carboxylic acids is 1. The van der Waals surface area contributed by atoms with Crippen LogP contribution >= 0.6 is 0 Å². The van der Waals surface area contributed by atoms with Gasteiger partial charge in [0.05, 0.1) is 5.75 Å². The summed E-state index contributed by atoms with van der Waals surface area (Å²) in [6.45, 7) is 2.14. The highest BCUT2D eigenvalue weighted by atomic mass is 32.2. The highest BCUT2D eigenvalue weighted by Crippen LogP contribution is 2.10. The third kappa shape index (κ3) is 2.59. The third-order valence-corrected chi connectivity index (χ3v) is 3.27. The van der Waals surface area contributed by atoms with Crippen LogP contribution in [-0.2, 0) is 10.8 Å². The van der Waals surface area contributed by atoms with Gasteiger partial charge in [0, 0.05) is 6.04 Å². The Morgan fingerprint density at radius 3 is 2.83 bits per heavy atom. The van der Waals surface area contributed by atoms with Crippen LogP contribution in [0.2, 0.25) is 0 Å². The maximum absolute atomic E-state index is 10.9. The Morgan fingerprint density at radius 2 is 2.33 bits per heavy atom. The molecule has 0 aromatic rings. The molecule has 0 radical (unpaired) electrons. The predicted molar refractivity (Wildman–Crippen MR) is 49.5 cm³/mol. The van der Waals surface area contributed by atoms with Crippen molar-refractivity contribution in [2.45, 2.75) is 38.6 Å². The molecule has 1 N–H and O–H groups in total. The van der Waals surface area contributed by atoms with Gasteiger partial charge < -0.3 is 5.32 Å². The first kappa shape index (κ1) is 9.71. The Hall–Kier alpha value is -0.380. The summed E-state index contributed by atoms with van der Waals surface area (Å²) < 4.78 is 10.9. The Labute approximate surface area is 75.4 Å². The fourth-order valence-corrected chi connectivity index (χ4v) is 2.39. The zero-order valence-corrected chi connectivity index (χ0v) is 8.15. The molecule has 1 amide bonds. The number of unbranched alkanes of at least 4 members (excludes halogenated alkanes) is 2. The molecule has 0 aliphatic carbocycles. The molecule has 70 valence electrons. The molecule has 1 aliphatic heterocycles. The van der Waals surface area contributed by atoms with Crippen molar-refractivity contribution in [3.8, 4) is 0 Å². The Bertz CT molecular complexity index is 177. The van der Waals surface area contributed by atoms with Gasteiger partial charge >= 0.3 is 5.24 Å². The summed E-state index contributed by atoms with van der Waals surface area (Å²) in [5.74, 6) is 0.516. The maximum Gasteiger partial charge on any atom is 0.309 e. The zero-order valence-electron chi connectivity index (χ0n) is 7.34. The SMILES string of the molecule is CCCCCC1CS(=O)C(=O)N1. The molecule has 12 heavy (non-hydrogen) atoms. The second-order valence-corrected chi connectivity index (χ2v) is 4.53. The summed E-state index contributed by atoms with van der Waals surface area (Å²) in [4.78, 5) is 10.8. The first-order valence-electron chi connectivity index (χ1n) is 4.43. The molecule has 2 atom stereocenters. The van der Waals surface area contributed by atoms with Gasteiger partial charge in [-0.25, -0.2) is 4.21 Å². The molecule has 2 unspecified atom stereocenters. The molecule has 3 nitrogen and oxygen atoms in total. The van der Waals surface area contributed by atoms with Crippen LogP contribution in [0.25, 0.3) is 0 Å². The Morgan fingerprint density at radius 1 is 1.58 bits per heavy atom. The van der Waals surface area contributed by atoms with E-state index in [9.17, 15) is 9.00 Å². The van der Waals surface area contributed by atoms with Crippen LogP contribution in [0.15, 0.2) is 0 Å². The molecule has 0 bridgehead atoms. The lowest BCUT2D eigenvalue weighted by atomic mass is 10.1. The van der Waals surface area contributed by atoms with E-state index in [2.05, 4.69) is 12.2 Å². The van der Waals surface area contributed by atoms with Crippen molar-refractivity contribution >= 4 is 16.0 Å². The van der Waals surface area contributed by atoms with Crippen molar-refractivity contribution in [3.63, 3.8) is 0 Å². The lowest BCUT2D eigenvalue weighted by Gasteiger charge is -2.06. The van der Waals surface area contributed by atoms with Crippen LogP contribution in [0.5, 0.6) is 0 Å². The van der Waals surface area contributed by atoms with E-state index < -0.39 is 10.8 Å². The van der Waals surface area contributed by atoms with Crippen molar-refractivity contribution in [3.05, 3.63) is 0 Å². The average Bonchev–Trinajstić information content (AvgIpc) is 2.32. The Kier molecular flexibility index (Phi) is 3.72. The van der Waals surface area contributed by atoms with Crippen molar-refractivity contribution in [2.24, 2.45) is 0 Å². The van der Waals surface area contributed by atoms with Gasteiger partial charge in [0.1, 0.15) is 10.8 Å². The van der Waals surface area contributed by atoms with Crippen molar-refractivity contribution < 1.29 is 9.00 Å². The van der Waals surface area contributed by atoms with Crippen LogP contribution in [0.4, 0.5) is 4.79 Å². The van der Waals surface area contributed by atoms with E-state index in [4.69, 9.17) is 0 Å². The Balaban J connectivity index is 2.19. The van der Waals surface area contributed by atoms with Crippen LogP contribution in [0, 0.1) is 0 Å². The van der Waals surface area contributed by atoms with Crippen LogP contribution in [0.3, 0.4) is 0 Å². The fraction of sp³-hybridized carbons (Fsp3) is 0.875. The third-order valence-electron chi connectivity index (χ3n) is 2.04. The summed E-state index contributed by atoms with van der Waals surface area (Å²) in [5.41, 5.74) is 0. The fourth-order valence-electron chi connectivity index (χ4n) is 1.33. The van der Waals surface area contributed by atoms with Gasteiger partial charge in [-0.15, -0.1) is 0 Å². The maximum atomic E-state index is 10.9. The van der Waals surface area contributed by atoms with Gasteiger partial charge in [-0.05, 0) is 6.42 Å². The minimum absolute atomic E-state index is 0.171. The summed E-state index contributed by atoms with van der Waals surface area (Å²) in [6.07, 6.45) is 4.48. The van der Waals surface area contributed by atoms with E-state index in [1.807, 2.05) is 0 Å². The summed E-state index contributed by atoms with van der Waals surface area (Å²) in [5, 5.41) is 2.44. The molecule has 0 saturated carbocycles. The highest BCUT2D eigenvalue weighted by molar-refractivity contribution is 8.00. The number of hydrogen-bond donors (Lipinski definition) is 1. The number of amides is 1. The number of nitrogens with one attached hydrogen (secondary N) is 1. The summed E-state index contributed by atoms with van der Waals surface area (Å²) >= 11 is 0. The lowest BCUT2D eigenvalue weighted by molar-refractivity contribution is 0.259. The number of hydrogen-bond acceptors (Lipinski definition) is 2. The van der Waals surface area contributed by atoms with Gasteiger partial charge in [-0.3, -0.25) is 4.79 Å². The van der Waals surface area contributed by atoms with E-state index in [1.54, 1.807) is 0 Å². The molecule has 0 aromatic carbocycles. The second kappa shape index (κ2) is 4.60. The van der Waals surface area contributed by atoms with E-state index in [0.717, 1.165) is 12.8 Å². The van der Waals surface area contributed by atoms with Crippen LogP contribution in [-0.4, -0.2) is 21.2 Å². The standard InChI is InChI=1S/C8H15NO2S/c1-2-3-4-5-7-6-12(11)8(10)9-7/h7H,2-6H2,1H3,(H,9,10). The molecule has 1 heterocycles. The highest BCUT2D eigenvalue weighted by Gasteiger charge is 2.27. The van der Waals surface area contributed by atoms with Crippen molar-refractivity contribution in [1.82, 2.24) is 5.32 Å². The smallest absolute Gasteiger partial charge is 0.309 e. The average molecular weight is 189 g/mol. The van der Waals surface area contributed by atoms with Gasteiger partial charge in [0.25, 0.3) is 0 Å². The van der Waals surface area contributed by atoms with Crippen molar-refractivity contribution in [1.29, 1.82) is 0 Å². The largest absolute Gasteiger partial charge is 0.341 e. The minimum Gasteiger partial charge on any atom is -0.341 e. The van der Waals surface area contributed by atoms with E-state index in [1.165, 1.54) is 12.8 Å². The second-order valence-electron chi connectivity index (χ2n) is 3.14. The van der Waals surface area contributed by atoms with Gasteiger partial charge in [0.2, 0.25) is 0 Å². The van der Waals surface area contributed by atoms with Gasteiger partial charge in [-0.1, -0.05) is 26.2 Å². The molecule has 1 rings (SSSR count). The van der Waals surface area contributed by atoms with E-state index in [-0.39, 0.29) is 11.3 Å². The molecule has 1 fully saturated rings. The molecule has 1 saturated heterocycles. The van der Waals surface area contributed by atoms with E-state index >= 15 is 0 Å². The molecular weight excluding hydrogens is 174 g/mol.